The first-order chi connectivity index (χ1) is 12.2. The summed E-state index contributed by atoms with van der Waals surface area (Å²) in [6, 6.07) is 6.10. The molecule has 6 heteroatoms. The number of nitrogens with zero attached hydrogens (tertiary/aromatic N) is 5. The first-order valence-electron chi connectivity index (χ1n) is 9.04. The maximum absolute atomic E-state index is 5.70. The summed E-state index contributed by atoms with van der Waals surface area (Å²) in [7, 11) is 0. The van der Waals surface area contributed by atoms with Crippen LogP contribution in [0.25, 0.3) is 0 Å². The van der Waals surface area contributed by atoms with E-state index in [2.05, 4.69) is 36.9 Å². The van der Waals surface area contributed by atoms with Gasteiger partial charge in [-0.15, -0.1) is 0 Å². The second-order valence-electron chi connectivity index (χ2n) is 6.45. The maximum Gasteiger partial charge on any atom is 0.232 e. The number of anilines is 1. The van der Waals surface area contributed by atoms with Crippen molar-refractivity contribution >= 4 is 5.82 Å². The molecule has 0 radical (unpaired) electrons. The summed E-state index contributed by atoms with van der Waals surface area (Å²) in [5.74, 6) is 1.72. The lowest BCUT2D eigenvalue weighted by atomic mass is 10.2. The van der Waals surface area contributed by atoms with E-state index in [9.17, 15) is 0 Å². The largest absolute Gasteiger partial charge is 0.477 e. The number of aryl methyl sites for hydroxylation is 2. The summed E-state index contributed by atoms with van der Waals surface area (Å²) in [4.78, 5) is 18.0. The van der Waals surface area contributed by atoms with Crippen molar-refractivity contribution < 1.29 is 4.74 Å². The summed E-state index contributed by atoms with van der Waals surface area (Å²) in [6.07, 6.45) is 5.75. The van der Waals surface area contributed by atoms with Gasteiger partial charge in [0.25, 0.3) is 0 Å². The van der Waals surface area contributed by atoms with Crippen molar-refractivity contribution in [1.29, 1.82) is 0 Å². The van der Waals surface area contributed by atoms with Crippen molar-refractivity contribution in [2.75, 3.05) is 44.2 Å². The molecular formula is C19H27N5O. The monoisotopic (exact) mass is 341 g/mol. The third-order valence-electron chi connectivity index (χ3n) is 4.63. The quantitative estimate of drug-likeness (QED) is 0.721. The van der Waals surface area contributed by atoms with E-state index in [-0.39, 0.29) is 0 Å². The molecule has 3 rings (SSSR count). The Labute approximate surface area is 149 Å². The Balaban J connectivity index is 1.30. The first kappa shape index (κ1) is 17.6. The summed E-state index contributed by atoms with van der Waals surface area (Å²) in [6.45, 7) is 10.0. The SMILES string of the molecule is Cc1ncc(OCCCCN2CCN(c3ccccn3)CC2)nc1C. The van der Waals surface area contributed by atoms with Crippen LogP contribution in [0.3, 0.4) is 0 Å². The van der Waals surface area contributed by atoms with Crippen LogP contribution < -0.4 is 9.64 Å². The minimum absolute atomic E-state index is 0.632. The van der Waals surface area contributed by atoms with Crippen LogP contribution in [0.5, 0.6) is 5.88 Å². The fourth-order valence-corrected chi connectivity index (χ4v) is 2.95. The smallest absolute Gasteiger partial charge is 0.232 e. The second kappa shape index (κ2) is 8.76. The van der Waals surface area contributed by atoms with Crippen molar-refractivity contribution in [1.82, 2.24) is 19.9 Å². The highest BCUT2D eigenvalue weighted by molar-refractivity contribution is 5.38. The Kier molecular flexibility index (Phi) is 6.17. The molecule has 2 aromatic heterocycles. The molecule has 1 fully saturated rings. The molecule has 0 saturated carbocycles. The standard InChI is InChI=1S/C19H27N5O/c1-16-17(2)22-19(15-21-16)25-14-6-5-9-23-10-12-24(13-11-23)18-7-3-4-8-20-18/h3-4,7-8,15H,5-6,9-14H2,1-2H3. The molecule has 6 nitrogen and oxygen atoms in total. The van der Waals surface area contributed by atoms with Gasteiger partial charge in [-0.25, -0.2) is 9.97 Å². The Morgan fingerprint density at radius 3 is 2.56 bits per heavy atom. The van der Waals surface area contributed by atoms with Crippen LogP contribution in [0, 0.1) is 13.8 Å². The van der Waals surface area contributed by atoms with Crippen LogP contribution in [0.2, 0.25) is 0 Å². The summed E-state index contributed by atoms with van der Waals surface area (Å²) in [5.41, 5.74) is 1.89. The van der Waals surface area contributed by atoms with E-state index in [0.29, 0.717) is 12.5 Å². The second-order valence-corrected chi connectivity index (χ2v) is 6.45. The Bertz CT molecular complexity index is 656. The average molecular weight is 341 g/mol. The van der Waals surface area contributed by atoms with Gasteiger partial charge in [0, 0.05) is 32.4 Å². The topological polar surface area (TPSA) is 54.4 Å². The minimum atomic E-state index is 0.632. The lowest BCUT2D eigenvalue weighted by Crippen LogP contribution is -2.46. The van der Waals surface area contributed by atoms with Crippen molar-refractivity contribution in [2.45, 2.75) is 26.7 Å². The summed E-state index contributed by atoms with van der Waals surface area (Å²) < 4.78 is 5.70. The van der Waals surface area contributed by atoms with E-state index < -0.39 is 0 Å². The molecule has 1 aliphatic heterocycles. The highest BCUT2D eigenvalue weighted by Gasteiger charge is 2.17. The fraction of sp³-hybridized carbons (Fsp3) is 0.526. The number of hydrogen-bond donors (Lipinski definition) is 0. The Hall–Kier alpha value is -2.21. The molecule has 2 aromatic rings. The maximum atomic E-state index is 5.70. The van der Waals surface area contributed by atoms with Gasteiger partial charge in [0.15, 0.2) is 0 Å². The number of hydrogen-bond acceptors (Lipinski definition) is 6. The van der Waals surface area contributed by atoms with Crippen molar-refractivity contribution in [3.63, 3.8) is 0 Å². The molecule has 0 spiro atoms. The number of piperazine rings is 1. The van der Waals surface area contributed by atoms with E-state index in [0.717, 1.165) is 62.8 Å². The molecular weight excluding hydrogens is 314 g/mol. The third kappa shape index (κ3) is 5.13. The zero-order valence-electron chi connectivity index (χ0n) is 15.2. The van der Waals surface area contributed by atoms with Gasteiger partial charge in [0.1, 0.15) is 5.82 Å². The van der Waals surface area contributed by atoms with E-state index in [4.69, 9.17) is 4.74 Å². The molecule has 0 aromatic carbocycles. The van der Waals surface area contributed by atoms with Gasteiger partial charge in [-0.05, 0) is 45.4 Å². The number of rotatable bonds is 7. The molecule has 0 N–H and O–H groups in total. The normalized spacial score (nSPS) is 15.4. The molecule has 1 saturated heterocycles. The molecule has 0 atom stereocenters. The van der Waals surface area contributed by atoms with Crippen LogP contribution in [0.4, 0.5) is 5.82 Å². The van der Waals surface area contributed by atoms with Crippen molar-refractivity contribution in [3.8, 4) is 5.88 Å². The van der Waals surface area contributed by atoms with Gasteiger partial charge >= 0.3 is 0 Å². The van der Waals surface area contributed by atoms with Gasteiger partial charge in [-0.2, -0.15) is 0 Å². The molecule has 1 aliphatic rings. The van der Waals surface area contributed by atoms with Crippen LogP contribution in [0.1, 0.15) is 24.2 Å². The molecule has 25 heavy (non-hydrogen) atoms. The molecule has 134 valence electrons. The predicted molar refractivity (Wildman–Crippen MR) is 99.1 cm³/mol. The molecule has 0 bridgehead atoms. The van der Waals surface area contributed by atoms with E-state index in [1.54, 1.807) is 6.20 Å². The summed E-state index contributed by atoms with van der Waals surface area (Å²) in [5, 5.41) is 0. The highest BCUT2D eigenvalue weighted by Crippen LogP contribution is 2.13. The van der Waals surface area contributed by atoms with E-state index in [1.807, 2.05) is 26.1 Å². The zero-order chi connectivity index (χ0) is 17.5. The predicted octanol–water partition coefficient (Wildman–Crippen LogP) is 2.47. The first-order valence-corrected chi connectivity index (χ1v) is 9.04. The van der Waals surface area contributed by atoms with Crippen LogP contribution in [-0.4, -0.2) is 59.2 Å². The van der Waals surface area contributed by atoms with Crippen LogP contribution >= 0.6 is 0 Å². The lowest BCUT2D eigenvalue weighted by molar-refractivity contribution is 0.236. The van der Waals surface area contributed by atoms with Crippen LogP contribution in [-0.2, 0) is 0 Å². The molecule has 0 amide bonds. The number of ether oxygens (including phenoxy) is 1. The highest BCUT2D eigenvalue weighted by atomic mass is 16.5. The summed E-state index contributed by atoms with van der Waals surface area (Å²) >= 11 is 0. The van der Waals surface area contributed by atoms with E-state index >= 15 is 0 Å². The molecule has 0 aliphatic carbocycles. The molecule has 0 unspecified atom stereocenters. The van der Waals surface area contributed by atoms with Gasteiger partial charge in [-0.1, -0.05) is 6.07 Å². The van der Waals surface area contributed by atoms with Crippen molar-refractivity contribution in [2.24, 2.45) is 0 Å². The Morgan fingerprint density at radius 1 is 1.00 bits per heavy atom. The van der Waals surface area contributed by atoms with Gasteiger partial charge < -0.3 is 9.64 Å². The minimum Gasteiger partial charge on any atom is -0.477 e. The number of aromatic nitrogens is 3. The zero-order valence-corrected chi connectivity index (χ0v) is 15.2. The number of unbranched alkanes of at least 4 members (excludes halogenated alkanes) is 1. The Morgan fingerprint density at radius 2 is 1.84 bits per heavy atom. The van der Waals surface area contributed by atoms with Gasteiger partial charge in [0.2, 0.25) is 5.88 Å². The third-order valence-corrected chi connectivity index (χ3v) is 4.63. The fourth-order valence-electron chi connectivity index (χ4n) is 2.95. The molecule has 3 heterocycles. The van der Waals surface area contributed by atoms with Crippen LogP contribution in [0.15, 0.2) is 30.6 Å². The lowest BCUT2D eigenvalue weighted by Gasteiger charge is -2.35. The van der Waals surface area contributed by atoms with Gasteiger partial charge in [0.05, 0.1) is 24.2 Å². The number of pyridine rings is 1. The van der Waals surface area contributed by atoms with Crippen molar-refractivity contribution in [3.05, 3.63) is 42.0 Å². The average Bonchev–Trinajstić information content (AvgIpc) is 2.65. The van der Waals surface area contributed by atoms with E-state index in [1.165, 1.54) is 0 Å². The van der Waals surface area contributed by atoms with Gasteiger partial charge in [-0.3, -0.25) is 9.88 Å².